The van der Waals surface area contributed by atoms with Gasteiger partial charge in [-0.25, -0.2) is 0 Å². The van der Waals surface area contributed by atoms with Crippen molar-refractivity contribution >= 4 is 33.3 Å². The Bertz CT molecular complexity index is 888. The van der Waals surface area contributed by atoms with Crippen molar-refractivity contribution in [1.29, 1.82) is 0 Å². The number of aromatic nitrogens is 3. The number of rotatable bonds is 4. The van der Waals surface area contributed by atoms with Crippen molar-refractivity contribution in [3.8, 4) is 5.75 Å². The van der Waals surface area contributed by atoms with E-state index >= 15 is 0 Å². The van der Waals surface area contributed by atoms with Crippen LogP contribution in [0.25, 0.3) is 10.9 Å². The van der Waals surface area contributed by atoms with E-state index in [2.05, 4.69) is 15.5 Å². The summed E-state index contributed by atoms with van der Waals surface area (Å²) in [7, 11) is 1.88. The van der Waals surface area contributed by atoms with Gasteiger partial charge in [-0.1, -0.05) is 17.4 Å². The van der Waals surface area contributed by atoms with Crippen LogP contribution in [0.15, 0.2) is 30.5 Å². The molecule has 0 aliphatic carbocycles. The van der Waals surface area contributed by atoms with Gasteiger partial charge in [0.15, 0.2) is 6.61 Å². The third-order valence-electron chi connectivity index (χ3n) is 3.16. The van der Waals surface area contributed by atoms with Crippen LogP contribution in [0.4, 0.5) is 18.3 Å². The minimum Gasteiger partial charge on any atom is -0.483 e. The number of aryl methyl sites for hydroxylation is 1. The summed E-state index contributed by atoms with van der Waals surface area (Å²) in [6.45, 7) is -0.352. The van der Waals surface area contributed by atoms with Crippen molar-refractivity contribution in [2.24, 2.45) is 7.05 Å². The zero-order valence-corrected chi connectivity index (χ0v) is 13.1. The Morgan fingerprint density at radius 3 is 2.83 bits per heavy atom. The fraction of sp³-hybridized carbons (Fsp3) is 0.214. The number of fused-ring (bicyclic) bond motifs is 1. The van der Waals surface area contributed by atoms with Crippen LogP contribution in [0.5, 0.6) is 5.75 Å². The van der Waals surface area contributed by atoms with E-state index in [1.54, 1.807) is 12.1 Å². The Kier molecular flexibility index (Phi) is 4.14. The van der Waals surface area contributed by atoms with E-state index in [1.165, 1.54) is 0 Å². The molecule has 3 aromatic rings. The molecule has 0 saturated carbocycles. The van der Waals surface area contributed by atoms with E-state index < -0.39 is 17.1 Å². The highest BCUT2D eigenvalue weighted by Gasteiger charge is 2.35. The van der Waals surface area contributed by atoms with Gasteiger partial charge in [-0.3, -0.25) is 10.1 Å². The molecule has 0 atom stereocenters. The zero-order valence-electron chi connectivity index (χ0n) is 12.3. The van der Waals surface area contributed by atoms with Crippen LogP contribution < -0.4 is 10.1 Å². The molecule has 0 unspecified atom stereocenters. The maximum absolute atomic E-state index is 12.4. The van der Waals surface area contributed by atoms with Gasteiger partial charge in [-0.15, -0.1) is 10.2 Å². The molecule has 0 saturated heterocycles. The van der Waals surface area contributed by atoms with Crippen LogP contribution in [-0.4, -0.2) is 27.3 Å². The average molecular weight is 356 g/mol. The van der Waals surface area contributed by atoms with Gasteiger partial charge in [0.25, 0.3) is 5.91 Å². The van der Waals surface area contributed by atoms with E-state index in [0.717, 1.165) is 10.9 Å². The van der Waals surface area contributed by atoms with Crippen LogP contribution in [-0.2, 0) is 18.0 Å². The molecular weight excluding hydrogens is 345 g/mol. The fourth-order valence-corrected chi connectivity index (χ4v) is 2.71. The van der Waals surface area contributed by atoms with E-state index in [1.807, 2.05) is 29.9 Å². The maximum Gasteiger partial charge on any atom is 0.445 e. The van der Waals surface area contributed by atoms with Gasteiger partial charge >= 0.3 is 6.18 Å². The third-order valence-corrected chi connectivity index (χ3v) is 4.04. The van der Waals surface area contributed by atoms with E-state index in [-0.39, 0.29) is 23.1 Å². The average Bonchev–Trinajstić information content (AvgIpc) is 3.13. The SMILES string of the molecule is Cn1ccc2c(OCC(=O)Nc3nnc(C(F)(F)F)s3)cccc21. The van der Waals surface area contributed by atoms with Crippen molar-refractivity contribution < 1.29 is 22.7 Å². The number of nitrogens with one attached hydrogen (secondary N) is 1. The molecule has 0 aliphatic heterocycles. The minimum absolute atomic E-state index is 0.228. The Labute approximate surface area is 137 Å². The molecule has 10 heteroatoms. The number of halogens is 3. The second kappa shape index (κ2) is 6.11. The zero-order chi connectivity index (χ0) is 17.3. The quantitative estimate of drug-likeness (QED) is 0.780. The normalized spacial score (nSPS) is 11.7. The molecule has 6 nitrogen and oxygen atoms in total. The van der Waals surface area contributed by atoms with Crippen LogP contribution in [0.3, 0.4) is 0 Å². The summed E-state index contributed by atoms with van der Waals surface area (Å²) >= 11 is 0.258. The highest BCUT2D eigenvalue weighted by molar-refractivity contribution is 7.15. The van der Waals surface area contributed by atoms with Gasteiger partial charge in [-0.2, -0.15) is 13.2 Å². The molecule has 3 rings (SSSR count). The monoisotopic (exact) mass is 356 g/mol. The van der Waals surface area contributed by atoms with Gasteiger partial charge in [0, 0.05) is 18.6 Å². The first-order valence-corrected chi connectivity index (χ1v) is 7.53. The van der Waals surface area contributed by atoms with Crippen LogP contribution in [0, 0.1) is 0 Å². The molecule has 0 bridgehead atoms. The molecule has 2 heterocycles. The number of hydrogen-bond donors (Lipinski definition) is 1. The Morgan fingerprint density at radius 2 is 2.12 bits per heavy atom. The smallest absolute Gasteiger partial charge is 0.445 e. The van der Waals surface area contributed by atoms with E-state index in [4.69, 9.17) is 4.74 Å². The molecule has 2 aromatic heterocycles. The summed E-state index contributed by atoms with van der Waals surface area (Å²) < 4.78 is 44.6. The second-order valence-electron chi connectivity index (χ2n) is 4.86. The van der Waals surface area contributed by atoms with Crippen molar-refractivity contribution in [2.75, 3.05) is 11.9 Å². The van der Waals surface area contributed by atoms with Crippen LogP contribution in [0.2, 0.25) is 0 Å². The highest BCUT2D eigenvalue weighted by Crippen LogP contribution is 2.33. The Balaban J connectivity index is 1.64. The van der Waals surface area contributed by atoms with Crippen molar-refractivity contribution in [3.63, 3.8) is 0 Å². The van der Waals surface area contributed by atoms with Gasteiger partial charge in [-0.05, 0) is 18.2 Å². The van der Waals surface area contributed by atoms with Crippen LogP contribution >= 0.6 is 11.3 Å². The van der Waals surface area contributed by atoms with Crippen molar-refractivity contribution in [2.45, 2.75) is 6.18 Å². The fourth-order valence-electron chi connectivity index (χ4n) is 2.09. The van der Waals surface area contributed by atoms with E-state index in [9.17, 15) is 18.0 Å². The lowest BCUT2D eigenvalue weighted by Crippen LogP contribution is -2.20. The first kappa shape index (κ1) is 16.2. The first-order chi connectivity index (χ1) is 11.3. The topological polar surface area (TPSA) is 69.0 Å². The number of carbonyl (C=O) groups is 1. The molecular formula is C14H11F3N4O2S. The minimum atomic E-state index is -4.58. The molecule has 1 amide bonds. The molecule has 1 aromatic carbocycles. The number of alkyl halides is 3. The molecule has 0 spiro atoms. The number of ether oxygens (including phenoxy) is 1. The number of carbonyl (C=O) groups excluding carboxylic acids is 1. The molecule has 0 aliphatic rings. The standard InChI is InChI=1S/C14H11F3N4O2S/c1-21-6-5-8-9(21)3-2-4-10(8)23-7-11(22)18-13-20-19-12(24-13)14(15,16)17/h2-6H,7H2,1H3,(H,18,20,22). The van der Waals surface area contributed by atoms with E-state index in [0.29, 0.717) is 5.75 Å². The predicted molar refractivity (Wildman–Crippen MR) is 82.0 cm³/mol. The second-order valence-corrected chi connectivity index (χ2v) is 5.84. The molecule has 126 valence electrons. The summed E-state index contributed by atoms with van der Waals surface area (Å²) in [5.41, 5.74) is 0.937. The Morgan fingerprint density at radius 1 is 1.33 bits per heavy atom. The number of anilines is 1. The van der Waals surface area contributed by atoms with Gasteiger partial charge < -0.3 is 9.30 Å². The largest absolute Gasteiger partial charge is 0.483 e. The number of nitrogens with zero attached hydrogens (tertiary/aromatic N) is 3. The van der Waals surface area contributed by atoms with Crippen molar-refractivity contribution in [1.82, 2.24) is 14.8 Å². The lowest BCUT2D eigenvalue weighted by atomic mass is 10.2. The number of benzene rings is 1. The van der Waals surface area contributed by atoms with Crippen molar-refractivity contribution in [3.05, 3.63) is 35.5 Å². The molecule has 0 radical (unpaired) electrons. The first-order valence-electron chi connectivity index (χ1n) is 6.72. The molecule has 0 fully saturated rings. The predicted octanol–water partition coefficient (Wildman–Crippen LogP) is 3.07. The third kappa shape index (κ3) is 3.32. The summed E-state index contributed by atoms with van der Waals surface area (Å²) in [4.78, 5) is 11.8. The summed E-state index contributed by atoms with van der Waals surface area (Å²) in [6, 6.07) is 7.25. The highest BCUT2D eigenvalue weighted by atomic mass is 32.1. The number of hydrogen-bond acceptors (Lipinski definition) is 5. The summed E-state index contributed by atoms with van der Waals surface area (Å²) in [6.07, 6.45) is -2.72. The molecule has 24 heavy (non-hydrogen) atoms. The van der Waals surface area contributed by atoms with Crippen LogP contribution in [0.1, 0.15) is 5.01 Å². The summed E-state index contributed by atoms with van der Waals surface area (Å²) in [5.74, 6) is -0.107. The summed E-state index contributed by atoms with van der Waals surface area (Å²) in [5, 5.41) is 8.00. The lowest BCUT2D eigenvalue weighted by molar-refractivity contribution is -0.138. The van der Waals surface area contributed by atoms with Gasteiger partial charge in [0.05, 0.1) is 5.52 Å². The maximum atomic E-state index is 12.4. The number of amides is 1. The Hall–Kier alpha value is -2.62. The molecule has 1 N–H and O–H groups in total. The van der Waals surface area contributed by atoms with Gasteiger partial charge in [0.2, 0.25) is 10.1 Å². The van der Waals surface area contributed by atoms with Gasteiger partial charge in [0.1, 0.15) is 5.75 Å². The lowest BCUT2D eigenvalue weighted by Gasteiger charge is -2.07.